The lowest BCUT2D eigenvalue weighted by Gasteiger charge is -2.29. The molecule has 3 aromatic rings. The Morgan fingerprint density at radius 3 is 2.36 bits per heavy atom. The van der Waals surface area contributed by atoms with E-state index in [9.17, 15) is 14.4 Å². The number of benzene rings is 2. The smallest absolute Gasteiger partial charge is 0.323 e. The molecule has 4 amide bonds. The molecule has 2 aromatic carbocycles. The van der Waals surface area contributed by atoms with Crippen LogP contribution in [0.5, 0.6) is 0 Å². The molecular formula is C29H37N7O3. The van der Waals surface area contributed by atoms with E-state index < -0.39 is 18.1 Å². The molecule has 1 fully saturated rings. The van der Waals surface area contributed by atoms with Gasteiger partial charge in [0.25, 0.3) is 11.8 Å². The number of aromatic nitrogens is 2. The number of urea groups is 1. The first-order chi connectivity index (χ1) is 18.5. The van der Waals surface area contributed by atoms with E-state index in [1.54, 1.807) is 19.2 Å². The zero-order valence-corrected chi connectivity index (χ0v) is 23.2. The summed E-state index contributed by atoms with van der Waals surface area (Å²) >= 11 is 0. The van der Waals surface area contributed by atoms with Gasteiger partial charge in [-0.2, -0.15) is 5.10 Å². The van der Waals surface area contributed by atoms with Crippen LogP contribution in [0.2, 0.25) is 0 Å². The first kappa shape index (κ1) is 27.8. The Morgan fingerprint density at radius 1 is 1.00 bits per heavy atom. The first-order valence-electron chi connectivity index (χ1n) is 13.0. The van der Waals surface area contributed by atoms with Crippen LogP contribution >= 0.6 is 0 Å². The van der Waals surface area contributed by atoms with Gasteiger partial charge < -0.3 is 21.3 Å². The molecule has 0 spiro atoms. The van der Waals surface area contributed by atoms with Crippen LogP contribution in [0, 0.1) is 6.92 Å². The molecule has 1 aromatic heterocycles. The average Bonchev–Trinajstić information content (AvgIpc) is 3.51. The molecule has 0 radical (unpaired) electrons. The molecule has 10 nitrogen and oxygen atoms in total. The van der Waals surface area contributed by atoms with E-state index in [0.29, 0.717) is 17.9 Å². The minimum Gasteiger partial charge on any atom is -0.349 e. The van der Waals surface area contributed by atoms with Gasteiger partial charge >= 0.3 is 6.03 Å². The number of hydrogen-bond acceptors (Lipinski definition) is 5. The summed E-state index contributed by atoms with van der Waals surface area (Å²) < 4.78 is 1.53. The molecule has 0 bridgehead atoms. The third-order valence-electron chi connectivity index (χ3n) is 6.76. The zero-order valence-electron chi connectivity index (χ0n) is 23.2. The number of nitrogens with two attached hydrogens (primary N) is 1. The van der Waals surface area contributed by atoms with E-state index >= 15 is 0 Å². The van der Waals surface area contributed by atoms with Gasteiger partial charge in [0.1, 0.15) is 5.69 Å². The number of anilines is 1. The monoisotopic (exact) mass is 531 g/mol. The summed E-state index contributed by atoms with van der Waals surface area (Å²) in [4.78, 5) is 43.6. The fraction of sp³-hybridized carbons (Fsp3) is 0.379. The molecule has 1 atom stereocenters. The topological polar surface area (TPSA) is 126 Å². The second-order valence-electron chi connectivity index (χ2n) is 10.9. The molecule has 4 N–H and O–H groups in total. The van der Waals surface area contributed by atoms with Crippen molar-refractivity contribution in [3.05, 3.63) is 82.7 Å². The lowest BCUT2D eigenvalue weighted by atomic mass is 9.92. The molecule has 0 saturated carbocycles. The fourth-order valence-electron chi connectivity index (χ4n) is 4.58. The van der Waals surface area contributed by atoms with Crippen LogP contribution in [0.1, 0.15) is 53.6 Å². The Balaban J connectivity index is 1.60. The Kier molecular flexibility index (Phi) is 8.06. The predicted octanol–water partition coefficient (Wildman–Crippen LogP) is 3.12. The van der Waals surface area contributed by atoms with Crippen molar-refractivity contribution in [2.24, 2.45) is 12.8 Å². The molecular weight excluding hydrogens is 494 g/mol. The lowest BCUT2D eigenvalue weighted by molar-refractivity contribution is -0.128. The molecule has 1 aliphatic heterocycles. The molecule has 206 valence electrons. The van der Waals surface area contributed by atoms with E-state index in [1.807, 2.05) is 70.2 Å². The van der Waals surface area contributed by atoms with Gasteiger partial charge in [0.15, 0.2) is 6.17 Å². The molecule has 2 heterocycles. The minimum absolute atomic E-state index is 0.202. The number of carbonyl (C=O) groups is 3. The highest BCUT2D eigenvalue weighted by molar-refractivity contribution is 6.00. The van der Waals surface area contributed by atoms with Crippen LogP contribution in [0.3, 0.4) is 0 Å². The second-order valence-corrected chi connectivity index (χ2v) is 10.9. The normalized spacial score (nSPS) is 15.4. The maximum atomic E-state index is 13.8. The Hall–Kier alpha value is -4.18. The second kappa shape index (κ2) is 11.3. The van der Waals surface area contributed by atoms with E-state index in [4.69, 9.17) is 5.73 Å². The molecule has 1 saturated heterocycles. The zero-order chi connectivity index (χ0) is 28.3. The van der Waals surface area contributed by atoms with Crippen molar-refractivity contribution in [1.82, 2.24) is 24.9 Å². The van der Waals surface area contributed by atoms with E-state index in [0.717, 1.165) is 22.4 Å². The van der Waals surface area contributed by atoms with Gasteiger partial charge in [-0.05, 0) is 41.8 Å². The summed E-state index contributed by atoms with van der Waals surface area (Å²) in [6.45, 7) is 9.03. The van der Waals surface area contributed by atoms with Crippen LogP contribution in [0.25, 0.3) is 0 Å². The largest absolute Gasteiger partial charge is 0.349 e. The summed E-state index contributed by atoms with van der Waals surface area (Å²) in [6.07, 6.45) is -1.13. The van der Waals surface area contributed by atoms with Gasteiger partial charge in [-0.25, -0.2) is 4.79 Å². The summed E-state index contributed by atoms with van der Waals surface area (Å²) in [5.41, 5.74) is 10.1. The molecule has 1 unspecified atom stereocenters. The van der Waals surface area contributed by atoms with Crippen molar-refractivity contribution < 1.29 is 14.4 Å². The van der Waals surface area contributed by atoms with Crippen molar-refractivity contribution >= 4 is 23.5 Å². The van der Waals surface area contributed by atoms with E-state index in [2.05, 4.69) is 15.7 Å². The highest BCUT2D eigenvalue weighted by Crippen LogP contribution is 2.25. The molecule has 39 heavy (non-hydrogen) atoms. The maximum absolute atomic E-state index is 13.8. The van der Waals surface area contributed by atoms with Crippen LogP contribution in [-0.2, 0) is 30.3 Å². The summed E-state index contributed by atoms with van der Waals surface area (Å²) in [5, 5.41) is 10.3. The van der Waals surface area contributed by atoms with Crippen LogP contribution < -0.4 is 16.4 Å². The Labute approximate surface area is 229 Å². The predicted molar refractivity (Wildman–Crippen MR) is 150 cm³/mol. The maximum Gasteiger partial charge on any atom is 0.323 e. The van der Waals surface area contributed by atoms with Crippen LogP contribution in [0.4, 0.5) is 10.5 Å². The lowest BCUT2D eigenvalue weighted by Crippen LogP contribution is -2.54. The average molecular weight is 532 g/mol. The van der Waals surface area contributed by atoms with Gasteiger partial charge in [0, 0.05) is 44.3 Å². The molecule has 1 aliphatic rings. The van der Waals surface area contributed by atoms with Gasteiger partial charge in [-0.3, -0.25) is 19.2 Å². The highest BCUT2D eigenvalue weighted by atomic mass is 16.2. The molecule has 10 heteroatoms. The van der Waals surface area contributed by atoms with Gasteiger partial charge in [0.05, 0.1) is 5.69 Å². The quantitative estimate of drug-likeness (QED) is 0.451. The SMILES string of the molecule is Cc1cccc(NC(=O)N2CCN(C(=O)c3cc(C(C)(C)C)nn3C)C2C(=O)NCc2cccc(CN)c2)c1. The number of amides is 4. The molecule has 0 aliphatic carbocycles. The Morgan fingerprint density at radius 2 is 1.69 bits per heavy atom. The number of aryl methyl sites for hydroxylation is 2. The number of nitrogens with one attached hydrogen (secondary N) is 2. The third kappa shape index (κ3) is 6.28. The van der Waals surface area contributed by atoms with E-state index in [1.165, 1.54) is 14.5 Å². The Bertz CT molecular complexity index is 1380. The highest BCUT2D eigenvalue weighted by Gasteiger charge is 2.44. The van der Waals surface area contributed by atoms with E-state index in [-0.39, 0.29) is 31.0 Å². The first-order valence-corrected chi connectivity index (χ1v) is 13.0. The summed E-state index contributed by atoms with van der Waals surface area (Å²) in [7, 11) is 1.71. The van der Waals surface area contributed by atoms with Crippen molar-refractivity contribution in [2.45, 2.75) is 52.4 Å². The number of hydrogen-bond donors (Lipinski definition) is 3. The minimum atomic E-state index is -1.13. The molecule has 4 rings (SSSR count). The van der Waals surface area contributed by atoms with Crippen molar-refractivity contribution in [3.63, 3.8) is 0 Å². The van der Waals surface area contributed by atoms with Gasteiger partial charge in [-0.1, -0.05) is 57.2 Å². The number of carbonyl (C=O) groups excluding carboxylic acids is 3. The van der Waals surface area contributed by atoms with Crippen molar-refractivity contribution in [1.29, 1.82) is 0 Å². The number of rotatable bonds is 6. The van der Waals surface area contributed by atoms with Gasteiger partial charge in [0.2, 0.25) is 0 Å². The fourth-order valence-corrected chi connectivity index (χ4v) is 4.58. The number of nitrogens with zero attached hydrogens (tertiary/aromatic N) is 4. The van der Waals surface area contributed by atoms with Crippen molar-refractivity contribution in [2.75, 3.05) is 18.4 Å². The van der Waals surface area contributed by atoms with Crippen LogP contribution in [0.15, 0.2) is 54.6 Å². The third-order valence-corrected chi connectivity index (χ3v) is 6.76. The summed E-state index contributed by atoms with van der Waals surface area (Å²) in [6, 6.07) is 16.3. The van der Waals surface area contributed by atoms with Crippen molar-refractivity contribution in [3.8, 4) is 0 Å². The summed E-state index contributed by atoms with van der Waals surface area (Å²) in [5.74, 6) is -0.812. The van der Waals surface area contributed by atoms with Crippen LogP contribution in [-0.4, -0.2) is 56.7 Å². The standard InChI is InChI=1S/C29H37N7O3/c1-19-8-6-11-22(14-19)32-28(39)36-13-12-35(27(38)23-16-24(29(2,3)4)33-34(23)5)26(36)25(37)31-18-21-10-7-9-20(15-21)17-30/h6-11,14-16,26H,12-13,17-18,30H2,1-5H3,(H,31,37)(H,32,39). The van der Waals surface area contributed by atoms with Gasteiger partial charge in [-0.15, -0.1) is 0 Å².